The van der Waals surface area contributed by atoms with Crippen LogP contribution >= 0.6 is 11.6 Å². The molecule has 1 aromatic heterocycles. The van der Waals surface area contributed by atoms with Gasteiger partial charge in [-0.1, -0.05) is 72.3 Å². The standard InChI is InChI=1S/C23H24ClN5O/c24-20-19(21(25)16-7-3-1-4-8-16)23(26-12-14-29-13-11-18(30)15-29)28-27-22(20)17-9-5-2-6-10-17/h1-10,18,25,30H,11-15H2,(H,26,28). The molecule has 154 valence electrons. The van der Waals surface area contributed by atoms with Crippen molar-refractivity contribution in [2.75, 3.05) is 31.5 Å². The van der Waals surface area contributed by atoms with Crippen LogP contribution in [0, 0.1) is 5.41 Å². The molecule has 6 nitrogen and oxygen atoms in total. The third-order valence-corrected chi connectivity index (χ3v) is 5.61. The van der Waals surface area contributed by atoms with Crippen LogP contribution in [0.4, 0.5) is 5.82 Å². The number of benzene rings is 2. The Balaban J connectivity index is 1.64. The van der Waals surface area contributed by atoms with E-state index in [9.17, 15) is 5.11 Å². The second-order valence-electron chi connectivity index (χ2n) is 7.36. The first-order valence-electron chi connectivity index (χ1n) is 10.0. The van der Waals surface area contributed by atoms with Gasteiger partial charge >= 0.3 is 0 Å². The first-order valence-corrected chi connectivity index (χ1v) is 10.4. The monoisotopic (exact) mass is 421 g/mol. The first-order chi connectivity index (χ1) is 14.6. The summed E-state index contributed by atoms with van der Waals surface area (Å²) in [4.78, 5) is 2.20. The molecule has 30 heavy (non-hydrogen) atoms. The molecule has 0 bridgehead atoms. The molecule has 3 N–H and O–H groups in total. The summed E-state index contributed by atoms with van der Waals surface area (Å²) in [6.45, 7) is 2.97. The highest BCUT2D eigenvalue weighted by Gasteiger charge is 2.22. The lowest BCUT2D eigenvalue weighted by Crippen LogP contribution is -2.28. The minimum atomic E-state index is -0.244. The van der Waals surface area contributed by atoms with Crippen LogP contribution < -0.4 is 5.32 Å². The van der Waals surface area contributed by atoms with Crippen LogP contribution in [0.2, 0.25) is 5.02 Å². The van der Waals surface area contributed by atoms with Gasteiger partial charge in [-0.15, -0.1) is 10.2 Å². The maximum atomic E-state index is 9.70. The molecule has 1 fully saturated rings. The number of aliphatic hydroxyl groups excluding tert-OH is 1. The van der Waals surface area contributed by atoms with Crippen molar-refractivity contribution in [3.8, 4) is 11.3 Å². The van der Waals surface area contributed by atoms with Crippen molar-refractivity contribution in [3.05, 3.63) is 76.8 Å². The lowest BCUT2D eigenvalue weighted by molar-refractivity contribution is 0.177. The molecule has 1 saturated heterocycles. The predicted octanol–water partition coefficient (Wildman–Crippen LogP) is 3.69. The Morgan fingerprint density at radius 3 is 2.47 bits per heavy atom. The predicted molar refractivity (Wildman–Crippen MR) is 120 cm³/mol. The molecule has 1 unspecified atom stereocenters. The van der Waals surface area contributed by atoms with E-state index in [1.165, 1.54) is 0 Å². The van der Waals surface area contributed by atoms with Gasteiger partial charge in [0.15, 0.2) is 5.82 Å². The average molecular weight is 422 g/mol. The number of halogens is 1. The van der Waals surface area contributed by atoms with E-state index >= 15 is 0 Å². The number of aliphatic hydroxyl groups is 1. The van der Waals surface area contributed by atoms with Crippen molar-refractivity contribution in [2.45, 2.75) is 12.5 Å². The zero-order chi connectivity index (χ0) is 20.9. The van der Waals surface area contributed by atoms with Crippen LogP contribution in [0.25, 0.3) is 11.3 Å². The molecule has 0 radical (unpaired) electrons. The number of hydrogen-bond acceptors (Lipinski definition) is 6. The van der Waals surface area contributed by atoms with E-state index in [0.717, 1.165) is 30.6 Å². The minimum absolute atomic E-state index is 0.244. The van der Waals surface area contributed by atoms with E-state index < -0.39 is 0 Å². The summed E-state index contributed by atoms with van der Waals surface area (Å²) in [5.74, 6) is 0.494. The Kier molecular flexibility index (Phi) is 6.38. The van der Waals surface area contributed by atoms with Crippen molar-refractivity contribution >= 4 is 23.1 Å². The van der Waals surface area contributed by atoms with E-state index in [1.807, 2.05) is 60.7 Å². The molecular weight excluding hydrogens is 398 g/mol. The van der Waals surface area contributed by atoms with Crippen LogP contribution in [0.1, 0.15) is 17.5 Å². The van der Waals surface area contributed by atoms with E-state index in [1.54, 1.807) is 0 Å². The molecule has 1 atom stereocenters. The summed E-state index contributed by atoms with van der Waals surface area (Å²) in [5, 5.41) is 31.0. The van der Waals surface area contributed by atoms with Crippen LogP contribution in [0.5, 0.6) is 0 Å². The second-order valence-corrected chi connectivity index (χ2v) is 7.74. The fraction of sp³-hybridized carbons (Fsp3) is 0.261. The number of nitrogens with zero attached hydrogens (tertiary/aromatic N) is 3. The van der Waals surface area contributed by atoms with Crippen LogP contribution in [-0.2, 0) is 0 Å². The molecule has 0 aliphatic carbocycles. The third kappa shape index (κ3) is 4.51. The minimum Gasteiger partial charge on any atom is -0.392 e. The maximum Gasteiger partial charge on any atom is 0.159 e. The summed E-state index contributed by atoms with van der Waals surface area (Å²) < 4.78 is 0. The fourth-order valence-corrected chi connectivity index (χ4v) is 3.98. The lowest BCUT2D eigenvalue weighted by Gasteiger charge is -2.18. The maximum absolute atomic E-state index is 9.70. The first kappa shape index (κ1) is 20.5. The van der Waals surface area contributed by atoms with Gasteiger partial charge in [0, 0.05) is 37.3 Å². The summed E-state index contributed by atoms with van der Waals surface area (Å²) in [6, 6.07) is 19.1. The average Bonchev–Trinajstić information content (AvgIpc) is 3.20. The van der Waals surface area contributed by atoms with Crippen LogP contribution in [-0.4, -0.2) is 58.2 Å². The third-order valence-electron chi connectivity index (χ3n) is 5.24. The molecule has 1 aliphatic heterocycles. The van der Waals surface area contributed by atoms with Crippen molar-refractivity contribution in [2.24, 2.45) is 0 Å². The molecular formula is C23H24ClN5O. The van der Waals surface area contributed by atoms with Gasteiger partial charge in [-0.2, -0.15) is 0 Å². The molecule has 0 spiro atoms. The van der Waals surface area contributed by atoms with E-state index in [2.05, 4.69) is 20.4 Å². The molecule has 4 rings (SSSR count). The topological polar surface area (TPSA) is 85.1 Å². The molecule has 1 aliphatic rings. The summed E-state index contributed by atoms with van der Waals surface area (Å²) in [6.07, 6.45) is 0.563. The Morgan fingerprint density at radius 2 is 1.80 bits per heavy atom. The van der Waals surface area contributed by atoms with Crippen LogP contribution in [0.15, 0.2) is 60.7 Å². The van der Waals surface area contributed by atoms with Gasteiger partial charge in [0.2, 0.25) is 0 Å². The molecule has 3 aromatic rings. The molecule has 7 heteroatoms. The lowest BCUT2D eigenvalue weighted by atomic mass is 10.0. The highest BCUT2D eigenvalue weighted by atomic mass is 35.5. The highest BCUT2D eigenvalue weighted by molar-refractivity contribution is 6.38. The number of hydrogen-bond donors (Lipinski definition) is 3. The second kappa shape index (κ2) is 9.34. The Bertz CT molecular complexity index is 1010. The molecule has 0 saturated carbocycles. The fourth-order valence-electron chi connectivity index (χ4n) is 3.65. The number of anilines is 1. The summed E-state index contributed by atoms with van der Waals surface area (Å²) in [5.41, 5.74) is 3.01. The van der Waals surface area contributed by atoms with E-state index in [-0.39, 0.29) is 6.10 Å². The summed E-state index contributed by atoms with van der Waals surface area (Å²) in [7, 11) is 0. The van der Waals surface area contributed by atoms with E-state index in [0.29, 0.717) is 40.9 Å². The molecule has 0 amide bonds. The Morgan fingerprint density at radius 1 is 1.10 bits per heavy atom. The Labute approximate surface area is 181 Å². The quantitative estimate of drug-likeness (QED) is 0.506. The zero-order valence-corrected chi connectivity index (χ0v) is 17.3. The number of rotatable bonds is 7. The van der Waals surface area contributed by atoms with Gasteiger partial charge in [-0.3, -0.25) is 10.3 Å². The van der Waals surface area contributed by atoms with Gasteiger partial charge in [-0.05, 0) is 6.42 Å². The van der Waals surface area contributed by atoms with Gasteiger partial charge < -0.3 is 10.4 Å². The van der Waals surface area contributed by atoms with Gasteiger partial charge in [0.05, 0.1) is 22.4 Å². The van der Waals surface area contributed by atoms with Crippen molar-refractivity contribution in [1.29, 1.82) is 5.41 Å². The highest BCUT2D eigenvalue weighted by Crippen LogP contribution is 2.33. The SMILES string of the molecule is N=C(c1ccccc1)c1c(NCCN2CCC(O)C2)nnc(-c2ccccc2)c1Cl. The van der Waals surface area contributed by atoms with Gasteiger partial charge in [0.25, 0.3) is 0 Å². The van der Waals surface area contributed by atoms with Gasteiger partial charge in [0.1, 0.15) is 5.69 Å². The summed E-state index contributed by atoms with van der Waals surface area (Å²) >= 11 is 6.79. The zero-order valence-electron chi connectivity index (χ0n) is 16.6. The van der Waals surface area contributed by atoms with Gasteiger partial charge in [-0.25, -0.2) is 0 Å². The molecule has 2 aromatic carbocycles. The van der Waals surface area contributed by atoms with Crippen molar-refractivity contribution < 1.29 is 5.11 Å². The molecule has 2 heterocycles. The largest absolute Gasteiger partial charge is 0.392 e. The normalized spacial score (nSPS) is 16.5. The van der Waals surface area contributed by atoms with Crippen molar-refractivity contribution in [3.63, 3.8) is 0 Å². The van der Waals surface area contributed by atoms with Crippen molar-refractivity contribution in [1.82, 2.24) is 15.1 Å². The number of likely N-dealkylation sites (tertiary alicyclic amines) is 1. The number of β-amino-alcohol motifs (C(OH)–C–C–N with tert-alkyl or cyclic N) is 1. The van der Waals surface area contributed by atoms with E-state index in [4.69, 9.17) is 17.0 Å². The number of nitrogens with one attached hydrogen (secondary N) is 2. The smallest absolute Gasteiger partial charge is 0.159 e. The number of aromatic nitrogens is 2. The Hall–Kier alpha value is -2.80. The van der Waals surface area contributed by atoms with Crippen LogP contribution in [0.3, 0.4) is 0 Å².